The molecule has 8 atom stereocenters. The number of carbonyl (C=O) groups excluding carboxylic acids is 6. The lowest BCUT2D eigenvalue weighted by Crippen LogP contribution is -2.63. The van der Waals surface area contributed by atoms with Crippen LogP contribution in [0.3, 0.4) is 0 Å². The van der Waals surface area contributed by atoms with Crippen molar-refractivity contribution in [2.45, 2.75) is 171 Å². The van der Waals surface area contributed by atoms with Crippen LogP contribution in [0, 0.1) is 0 Å². The predicted octanol–water partition coefficient (Wildman–Crippen LogP) is 5.25. The van der Waals surface area contributed by atoms with Crippen LogP contribution in [0.15, 0.2) is 48.5 Å². The molecule has 2 fully saturated rings. The molecule has 23 heteroatoms. The molecular weight excluding hydrogens is 985 g/mol. The number of hydrogen-bond acceptors (Lipinski definition) is 10. The molecule has 0 aromatic heterocycles. The number of carboxylic acid groups (broad SMARTS) is 2. The summed E-state index contributed by atoms with van der Waals surface area (Å²) in [7, 11) is 3.39. The van der Waals surface area contributed by atoms with E-state index in [0.29, 0.717) is 58.0 Å². The van der Waals surface area contributed by atoms with Gasteiger partial charge in [0.15, 0.2) is 5.78 Å². The molecule has 2 aliphatic heterocycles. The molecule has 7 N–H and O–H groups in total. The van der Waals surface area contributed by atoms with Crippen LogP contribution in [-0.2, 0) is 51.2 Å². The first-order valence-electron chi connectivity index (χ1n) is 25.0. The second kappa shape index (κ2) is 28.0. The number of nitrogens with one attached hydrogen (secondary N) is 5. The minimum absolute atomic E-state index is 0.0817. The summed E-state index contributed by atoms with van der Waals surface area (Å²) in [5.74, 6) is -6.44. The summed E-state index contributed by atoms with van der Waals surface area (Å²) in [4.78, 5) is 102. The van der Waals surface area contributed by atoms with E-state index in [-0.39, 0.29) is 47.3 Å². The summed E-state index contributed by atoms with van der Waals surface area (Å²) in [6.45, 7) is 4.43. The van der Waals surface area contributed by atoms with E-state index in [0.717, 1.165) is 56.9 Å². The molecule has 2 aromatic carbocycles. The van der Waals surface area contributed by atoms with Gasteiger partial charge < -0.3 is 46.6 Å². The van der Waals surface area contributed by atoms with Crippen molar-refractivity contribution in [2.75, 3.05) is 27.2 Å². The molecule has 74 heavy (non-hydrogen) atoms. The third-order valence-corrected chi connectivity index (χ3v) is 14.0. The SMILES string of the molecule is CN[C@@H](C)C(=O)N[C@@H](CCCCCC[C@H](NC(=O)[C@H](C)NC)C(=O)N1CC[C@H]1C(=O)N[C@@H]1CCCc2ccccc21)C(=O)N1CC[C@H]1C(=O)C[C@@H]1CCCc2ccccc21.O=C(O)C(F)(F)F.O=C(O)C(F)(F)F. The molecule has 17 nitrogen and oxygen atoms in total. The topological polar surface area (TPSA) is 244 Å². The molecule has 4 aliphatic rings. The van der Waals surface area contributed by atoms with Crippen LogP contribution < -0.4 is 26.6 Å². The Bertz CT molecular complexity index is 2130. The summed E-state index contributed by atoms with van der Waals surface area (Å²) < 4.78 is 63.5. The van der Waals surface area contributed by atoms with E-state index in [1.807, 2.05) is 24.3 Å². The number of unbranched alkanes of at least 4 members (excludes halogenated alkanes) is 3. The number of hydrogen-bond donors (Lipinski definition) is 7. The maximum atomic E-state index is 14.0. The first kappa shape index (κ1) is 60.5. The number of ketones is 1. The molecule has 2 heterocycles. The van der Waals surface area contributed by atoms with Gasteiger partial charge in [-0.05, 0) is 120 Å². The Morgan fingerprint density at radius 1 is 0.608 bits per heavy atom. The molecular formula is C51H69F6N7O10. The fraction of sp³-hybridized carbons (Fsp3) is 0.608. The third-order valence-electron chi connectivity index (χ3n) is 14.0. The Kier molecular flexibility index (Phi) is 22.9. The number of benzene rings is 2. The van der Waals surface area contributed by atoms with Gasteiger partial charge in [-0.25, -0.2) is 9.59 Å². The molecule has 410 valence electrons. The van der Waals surface area contributed by atoms with E-state index >= 15 is 0 Å². The van der Waals surface area contributed by atoms with Gasteiger partial charge in [-0.2, -0.15) is 26.3 Å². The van der Waals surface area contributed by atoms with Crippen molar-refractivity contribution in [3.05, 3.63) is 70.8 Å². The van der Waals surface area contributed by atoms with E-state index in [1.54, 1.807) is 37.7 Å². The summed E-state index contributed by atoms with van der Waals surface area (Å²) in [6.07, 6.45) is 0.935. The Labute approximate surface area is 426 Å². The number of halogens is 6. The second-order valence-corrected chi connectivity index (χ2v) is 19.0. The van der Waals surface area contributed by atoms with Crippen molar-refractivity contribution < 1.29 is 74.9 Å². The van der Waals surface area contributed by atoms with Crippen LogP contribution in [0.25, 0.3) is 0 Å². The van der Waals surface area contributed by atoms with Crippen LogP contribution in [0.5, 0.6) is 0 Å². The minimum atomic E-state index is -5.08. The monoisotopic (exact) mass is 1050 g/mol. The third kappa shape index (κ3) is 17.2. The van der Waals surface area contributed by atoms with E-state index in [2.05, 4.69) is 50.8 Å². The Morgan fingerprint density at radius 2 is 1.03 bits per heavy atom. The molecule has 0 spiro atoms. The Balaban J connectivity index is 0.000000743. The highest BCUT2D eigenvalue weighted by Gasteiger charge is 2.44. The second-order valence-electron chi connectivity index (χ2n) is 19.0. The fourth-order valence-corrected chi connectivity index (χ4v) is 9.35. The zero-order valence-electron chi connectivity index (χ0n) is 42.1. The molecule has 0 bridgehead atoms. The molecule has 2 aliphatic carbocycles. The number of carboxylic acids is 2. The number of likely N-dealkylation sites (tertiary alicyclic amines) is 2. The highest BCUT2D eigenvalue weighted by atomic mass is 19.4. The average molecular weight is 1050 g/mol. The Morgan fingerprint density at radius 3 is 1.46 bits per heavy atom. The maximum absolute atomic E-state index is 14.0. The molecule has 2 aromatic rings. The summed E-state index contributed by atoms with van der Waals surface area (Å²) in [5, 5.41) is 29.2. The number of amides is 5. The van der Waals surface area contributed by atoms with Gasteiger partial charge in [0.25, 0.3) is 0 Å². The zero-order valence-corrected chi connectivity index (χ0v) is 42.1. The molecule has 0 saturated carbocycles. The van der Waals surface area contributed by atoms with Gasteiger partial charge in [0.05, 0.1) is 24.2 Å². The lowest BCUT2D eigenvalue weighted by Gasteiger charge is -2.42. The van der Waals surface area contributed by atoms with Gasteiger partial charge in [-0.3, -0.25) is 28.8 Å². The van der Waals surface area contributed by atoms with E-state index in [1.165, 1.54) is 16.7 Å². The number of carbonyl (C=O) groups is 8. The minimum Gasteiger partial charge on any atom is -0.475 e. The number of fused-ring (bicyclic) bond motifs is 2. The van der Waals surface area contributed by atoms with Crippen molar-refractivity contribution in [1.29, 1.82) is 0 Å². The van der Waals surface area contributed by atoms with Crippen LogP contribution in [0.2, 0.25) is 0 Å². The van der Waals surface area contributed by atoms with Gasteiger partial charge in [0.2, 0.25) is 29.5 Å². The van der Waals surface area contributed by atoms with E-state index in [9.17, 15) is 55.1 Å². The Hall–Kier alpha value is -6.10. The van der Waals surface area contributed by atoms with Gasteiger partial charge in [-0.15, -0.1) is 0 Å². The van der Waals surface area contributed by atoms with Gasteiger partial charge >= 0.3 is 24.3 Å². The fourth-order valence-electron chi connectivity index (χ4n) is 9.35. The number of nitrogens with zero attached hydrogens (tertiary/aromatic N) is 2. The molecule has 6 rings (SSSR count). The predicted molar refractivity (Wildman–Crippen MR) is 258 cm³/mol. The number of likely N-dealkylation sites (N-methyl/N-ethyl adjacent to an activating group) is 2. The number of aliphatic carboxylic acids is 2. The van der Waals surface area contributed by atoms with Crippen molar-refractivity contribution in [3.63, 3.8) is 0 Å². The number of alkyl halides is 6. The van der Waals surface area contributed by atoms with Crippen molar-refractivity contribution in [3.8, 4) is 0 Å². The standard InChI is InChI=1S/C47H67N7O6.2C2HF3O2/c1-30(48-3)43(56)51-38(46(59)53-27-25-40(53)42(55)29-34-19-13-17-32-15-9-11-20-35(32)34)22-7-5-6-8-23-39(52-44(57)31(2)49-4)47(60)54-28-26-41(54)45(58)50-37-24-14-18-33-16-10-12-21-36(33)37;2*3-2(4,5)1(6)7/h9-12,15-16,20-21,30-31,34,37-41,48-49H,5-8,13-14,17-19,22-29H2,1-4H3,(H,50,58)(H,51,56)(H,52,57);2*(H,6,7)/t30-,31-,34-,37+,38-,39-,40-,41-;;/m0../s1. The van der Waals surface area contributed by atoms with Crippen molar-refractivity contribution >= 4 is 47.3 Å². The van der Waals surface area contributed by atoms with Crippen LogP contribution >= 0.6 is 0 Å². The van der Waals surface area contributed by atoms with Crippen molar-refractivity contribution in [1.82, 2.24) is 36.4 Å². The lowest BCUT2D eigenvalue weighted by atomic mass is 9.78. The van der Waals surface area contributed by atoms with Gasteiger partial charge in [-0.1, -0.05) is 74.2 Å². The summed E-state index contributed by atoms with van der Waals surface area (Å²) >= 11 is 0. The highest BCUT2D eigenvalue weighted by molar-refractivity contribution is 5.96. The molecule has 0 unspecified atom stereocenters. The smallest absolute Gasteiger partial charge is 0.475 e. The highest BCUT2D eigenvalue weighted by Crippen LogP contribution is 2.36. The first-order valence-corrected chi connectivity index (χ1v) is 25.0. The van der Waals surface area contributed by atoms with Crippen LogP contribution in [-0.4, -0.2) is 143 Å². The van der Waals surface area contributed by atoms with Gasteiger partial charge in [0, 0.05) is 19.5 Å². The summed E-state index contributed by atoms with van der Waals surface area (Å²) in [5.41, 5.74) is 4.95. The first-order chi connectivity index (χ1) is 34.9. The van der Waals surface area contributed by atoms with E-state index < -0.39 is 60.5 Å². The summed E-state index contributed by atoms with van der Waals surface area (Å²) in [6, 6.07) is 12.9. The lowest BCUT2D eigenvalue weighted by molar-refractivity contribution is -0.193. The normalized spacial score (nSPS) is 20.5. The molecule has 2 saturated heterocycles. The molecule has 5 amide bonds. The molecule has 0 radical (unpaired) electrons. The number of rotatable bonds is 20. The average Bonchev–Trinajstić information content (AvgIpc) is 3.32. The van der Waals surface area contributed by atoms with E-state index in [4.69, 9.17) is 19.8 Å². The number of aryl methyl sites for hydroxylation is 2. The zero-order chi connectivity index (χ0) is 54.9. The van der Waals surface area contributed by atoms with Crippen molar-refractivity contribution in [2.24, 2.45) is 0 Å². The van der Waals surface area contributed by atoms with Gasteiger partial charge in [0.1, 0.15) is 18.1 Å². The number of Topliss-reactive ketones (excluding diaryl/α,β-unsaturated/α-hetero) is 1. The maximum Gasteiger partial charge on any atom is 0.490 e. The van der Waals surface area contributed by atoms with Crippen LogP contribution in [0.1, 0.15) is 132 Å². The van der Waals surface area contributed by atoms with Crippen LogP contribution in [0.4, 0.5) is 26.3 Å². The quantitative estimate of drug-likeness (QED) is 0.0664. The largest absolute Gasteiger partial charge is 0.490 e.